The zero-order chi connectivity index (χ0) is 36.4. The van der Waals surface area contributed by atoms with Gasteiger partial charge in [-0.25, -0.2) is 0 Å². The van der Waals surface area contributed by atoms with Crippen LogP contribution >= 0.6 is 0 Å². The Labute approximate surface area is 299 Å². The highest BCUT2D eigenvalue weighted by Gasteiger charge is 2.21. The maximum absolute atomic E-state index is 12.7. The Morgan fingerprint density at radius 1 is 0.592 bits per heavy atom. The average molecular weight is 696 g/mol. The quantitative estimate of drug-likeness (QED) is 0.0216. The molecule has 0 radical (unpaired) electrons. The van der Waals surface area contributed by atoms with Crippen molar-refractivity contribution < 1.29 is 42.9 Å². The summed E-state index contributed by atoms with van der Waals surface area (Å²) in [7, 11) is 5.89. The maximum atomic E-state index is 12.7. The molecule has 0 amide bonds. The van der Waals surface area contributed by atoms with Crippen LogP contribution in [0.1, 0.15) is 155 Å². The van der Waals surface area contributed by atoms with E-state index in [1.165, 1.54) is 44.9 Å². The van der Waals surface area contributed by atoms with E-state index in [0.717, 1.165) is 77.0 Å². The predicted octanol–water partition coefficient (Wildman–Crippen LogP) is 7.99. The molecule has 2 atom stereocenters. The maximum Gasteiger partial charge on any atom is 0.306 e. The molecule has 0 rings (SSSR count). The number of allylic oxidation sites excluding steroid dienone is 4. The molecule has 0 bridgehead atoms. The van der Waals surface area contributed by atoms with Crippen molar-refractivity contribution in [2.75, 3.05) is 47.5 Å². The molecule has 0 spiro atoms. The number of hydrogen-bond donors (Lipinski definition) is 0. The third-order valence-electron chi connectivity index (χ3n) is 8.17. The van der Waals surface area contributed by atoms with Gasteiger partial charge in [0.1, 0.15) is 13.2 Å². The number of quaternary nitrogens is 1. The van der Waals surface area contributed by atoms with Gasteiger partial charge in [-0.1, -0.05) is 109 Å². The van der Waals surface area contributed by atoms with Crippen LogP contribution in [0.15, 0.2) is 24.3 Å². The number of nitrogens with zero attached hydrogens (tertiary/aromatic N) is 1. The molecule has 9 nitrogen and oxygen atoms in total. The first-order chi connectivity index (χ1) is 23.6. The minimum absolute atomic E-state index is 0.145. The summed E-state index contributed by atoms with van der Waals surface area (Å²) in [4.78, 5) is 36.7. The van der Waals surface area contributed by atoms with Gasteiger partial charge in [-0.15, -0.1) is 0 Å². The lowest BCUT2D eigenvalue weighted by Gasteiger charge is -2.26. The van der Waals surface area contributed by atoms with Gasteiger partial charge in [0.2, 0.25) is 0 Å². The molecule has 9 heteroatoms. The monoisotopic (exact) mass is 696 g/mol. The molecule has 0 fully saturated rings. The summed E-state index contributed by atoms with van der Waals surface area (Å²) in [5.41, 5.74) is 0. The fourth-order valence-corrected chi connectivity index (χ4v) is 5.04. The number of carbonyl (C=O) groups excluding carboxylic acids is 3. The van der Waals surface area contributed by atoms with Gasteiger partial charge < -0.3 is 33.3 Å². The summed E-state index contributed by atoms with van der Waals surface area (Å²) in [5.74, 6) is -2.31. The van der Waals surface area contributed by atoms with Gasteiger partial charge in [-0.2, -0.15) is 0 Å². The summed E-state index contributed by atoms with van der Waals surface area (Å²) >= 11 is 0. The number of ether oxygens (including phenoxy) is 4. The largest absolute Gasteiger partial charge is 0.545 e. The number of hydrogen-bond acceptors (Lipinski definition) is 8. The van der Waals surface area contributed by atoms with E-state index in [2.05, 4.69) is 38.2 Å². The first-order valence-corrected chi connectivity index (χ1v) is 19.5. The molecule has 0 aromatic carbocycles. The summed E-state index contributed by atoms with van der Waals surface area (Å²) in [6.45, 7) is 4.64. The first-order valence-electron chi connectivity index (χ1n) is 19.5. The van der Waals surface area contributed by atoms with E-state index < -0.39 is 24.3 Å². The van der Waals surface area contributed by atoms with Crippen LogP contribution in [0, 0.1) is 0 Å². The van der Waals surface area contributed by atoms with Crippen LogP contribution in [0.4, 0.5) is 0 Å². The molecule has 0 aliphatic carbocycles. The van der Waals surface area contributed by atoms with Gasteiger partial charge in [0, 0.05) is 12.8 Å². The van der Waals surface area contributed by atoms with E-state index in [4.69, 9.17) is 18.9 Å². The van der Waals surface area contributed by atoms with E-state index in [1.54, 1.807) is 0 Å². The van der Waals surface area contributed by atoms with Crippen LogP contribution in [0.25, 0.3) is 0 Å². The van der Waals surface area contributed by atoms with Crippen LogP contribution in [0.2, 0.25) is 0 Å². The summed E-state index contributed by atoms with van der Waals surface area (Å²) in [5, 5.41) is 11.6. The van der Waals surface area contributed by atoms with Crippen LogP contribution in [0.3, 0.4) is 0 Å². The highest BCUT2D eigenvalue weighted by atomic mass is 16.7. The molecule has 2 unspecified atom stereocenters. The predicted molar refractivity (Wildman–Crippen MR) is 196 cm³/mol. The Hall–Kier alpha value is -2.23. The van der Waals surface area contributed by atoms with Crippen molar-refractivity contribution >= 4 is 17.9 Å². The molecule has 0 saturated heterocycles. The number of esters is 2. The second-order valence-corrected chi connectivity index (χ2v) is 14.2. The Kier molecular flexibility index (Phi) is 31.4. The van der Waals surface area contributed by atoms with Crippen molar-refractivity contribution in [3.63, 3.8) is 0 Å². The highest BCUT2D eigenvalue weighted by molar-refractivity contribution is 5.70. The Morgan fingerprint density at radius 2 is 1.06 bits per heavy atom. The number of likely N-dealkylation sites (N-methyl/N-ethyl adjacent to an activating group) is 1. The van der Waals surface area contributed by atoms with Crippen molar-refractivity contribution in [1.29, 1.82) is 0 Å². The van der Waals surface area contributed by atoms with Crippen molar-refractivity contribution in [3.8, 4) is 0 Å². The lowest BCUT2D eigenvalue weighted by molar-refractivity contribution is -0.870. The third-order valence-corrected chi connectivity index (χ3v) is 8.17. The number of unbranched alkanes of at least 4 members (excludes halogenated alkanes) is 16. The van der Waals surface area contributed by atoms with Crippen molar-refractivity contribution in [3.05, 3.63) is 24.3 Å². The van der Waals surface area contributed by atoms with Crippen LogP contribution in [0.5, 0.6) is 0 Å². The van der Waals surface area contributed by atoms with Gasteiger partial charge in [0.25, 0.3) is 0 Å². The second kappa shape index (κ2) is 32.9. The zero-order valence-corrected chi connectivity index (χ0v) is 32.1. The number of carboxylic acid groups (broad SMARTS) is 1. The standard InChI is InChI=1S/C40H73NO8/c1-6-8-10-12-14-16-18-19-21-23-25-27-29-31-38(43)49-36(35-48-40(39(44)45)46-33-32-41(3,4)5)34-47-37(42)30-28-26-24-22-20-17-15-13-11-9-7-2/h13,15-16,18,36,40H,6-12,14,17,19-35H2,1-5H3/b15-13-,18-16-. The number of carbonyl (C=O) groups is 3. The molecule has 0 aromatic rings. The molecule has 0 aromatic heterocycles. The van der Waals surface area contributed by atoms with Crippen molar-refractivity contribution in [1.82, 2.24) is 0 Å². The first kappa shape index (κ1) is 46.8. The lowest BCUT2D eigenvalue weighted by atomic mass is 10.1. The topological polar surface area (TPSA) is 111 Å². The zero-order valence-electron chi connectivity index (χ0n) is 32.1. The SMILES string of the molecule is CCCC/C=C\CCCCCCCC(=O)OCC(COC(OCC[N+](C)(C)C)C(=O)[O-])OC(=O)CCCCCCC/C=C\CCCCCC. The van der Waals surface area contributed by atoms with Crippen LogP contribution in [-0.4, -0.2) is 82.3 Å². The van der Waals surface area contributed by atoms with Gasteiger partial charge in [0.15, 0.2) is 12.4 Å². The minimum Gasteiger partial charge on any atom is -0.545 e. The lowest BCUT2D eigenvalue weighted by Crippen LogP contribution is -2.44. The second-order valence-electron chi connectivity index (χ2n) is 14.2. The van der Waals surface area contributed by atoms with E-state index in [1.807, 2.05) is 21.1 Å². The van der Waals surface area contributed by atoms with Crippen molar-refractivity contribution in [2.24, 2.45) is 0 Å². The Bertz CT molecular complexity index is 867. The molecule has 0 heterocycles. The van der Waals surface area contributed by atoms with Crippen LogP contribution < -0.4 is 5.11 Å². The number of aliphatic carboxylic acids is 1. The summed E-state index contributed by atoms with van der Waals surface area (Å²) in [6.07, 6.45) is 29.2. The molecule has 49 heavy (non-hydrogen) atoms. The van der Waals surface area contributed by atoms with E-state index in [9.17, 15) is 19.5 Å². The number of carboxylic acids is 1. The van der Waals surface area contributed by atoms with Gasteiger partial charge in [-0.05, 0) is 57.8 Å². The summed E-state index contributed by atoms with van der Waals surface area (Å²) in [6, 6.07) is 0. The molecular weight excluding hydrogens is 622 g/mol. The third kappa shape index (κ3) is 34.0. The smallest absolute Gasteiger partial charge is 0.306 e. The average Bonchev–Trinajstić information content (AvgIpc) is 3.05. The van der Waals surface area contributed by atoms with E-state index >= 15 is 0 Å². The molecule has 0 saturated carbocycles. The Balaban J connectivity index is 4.56. The molecule has 0 aliphatic heterocycles. The highest BCUT2D eigenvalue weighted by Crippen LogP contribution is 2.12. The fraction of sp³-hybridized carbons (Fsp3) is 0.825. The van der Waals surface area contributed by atoms with Gasteiger partial charge in [-0.3, -0.25) is 9.59 Å². The normalized spacial score (nSPS) is 13.2. The molecule has 0 N–H and O–H groups in total. The van der Waals surface area contributed by atoms with Gasteiger partial charge in [0.05, 0.1) is 40.3 Å². The fourth-order valence-electron chi connectivity index (χ4n) is 5.04. The molecular formula is C40H73NO8. The van der Waals surface area contributed by atoms with Crippen molar-refractivity contribution in [2.45, 2.75) is 167 Å². The van der Waals surface area contributed by atoms with E-state index in [0.29, 0.717) is 17.4 Å². The van der Waals surface area contributed by atoms with Crippen LogP contribution in [-0.2, 0) is 33.3 Å². The summed E-state index contributed by atoms with van der Waals surface area (Å²) < 4.78 is 22.4. The molecule has 286 valence electrons. The minimum atomic E-state index is -1.62. The van der Waals surface area contributed by atoms with E-state index in [-0.39, 0.29) is 38.6 Å². The Morgan fingerprint density at radius 3 is 1.57 bits per heavy atom. The molecule has 0 aliphatic rings. The van der Waals surface area contributed by atoms with Gasteiger partial charge >= 0.3 is 11.9 Å². The number of rotatable bonds is 35.